The van der Waals surface area contributed by atoms with E-state index in [-0.39, 0.29) is 17.6 Å². The molecular formula is C13H20FNO2. The van der Waals surface area contributed by atoms with E-state index in [1.54, 1.807) is 13.2 Å². The first kappa shape index (κ1) is 13.9. The summed E-state index contributed by atoms with van der Waals surface area (Å²) in [5.41, 5.74) is 0.920. The molecule has 0 bridgehead atoms. The van der Waals surface area contributed by atoms with E-state index in [9.17, 15) is 4.39 Å². The van der Waals surface area contributed by atoms with Crippen molar-refractivity contribution in [3.8, 4) is 5.75 Å². The third kappa shape index (κ3) is 4.32. The second kappa shape index (κ2) is 7.25. The van der Waals surface area contributed by atoms with E-state index in [0.29, 0.717) is 13.2 Å². The molecule has 1 N–H and O–H groups in total. The molecule has 0 aliphatic rings. The van der Waals surface area contributed by atoms with Gasteiger partial charge in [0.1, 0.15) is 6.61 Å². The van der Waals surface area contributed by atoms with Crippen LogP contribution in [0.15, 0.2) is 18.2 Å². The normalized spacial score (nSPS) is 12.5. The van der Waals surface area contributed by atoms with Crippen LogP contribution in [0.25, 0.3) is 0 Å². The van der Waals surface area contributed by atoms with Crippen molar-refractivity contribution in [2.45, 2.75) is 19.9 Å². The Kier molecular flexibility index (Phi) is 5.94. The summed E-state index contributed by atoms with van der Waals surface area (Å²) in [7, 11) is 1.58. The lowest BCUT2D eigenvalue weighted by Crippen LogP contribution is -2.17. The van der Waals surface area contributed by atoms with Gasteiger partial charge < -0.3 is 14.8 Å². The van der Waals surface area contributed by atoms with Gasteiger partial charge in [-0.25, -0.2) is 4.39 Å². The number of rotatable bonds is 7. The average molecular weight is 241 g/mol. The van der Waals surface area contributed by atoms with Gasteiger partial charge in [0.2, 0.25) is 0 Å². The van der Waals surface area contributed by atoms with E-state index in [4.69, 9.17) is 9.47 Å². The van der Waals surface area contributed by atoms with E-state index in [1.807, 2.05) is 19.9 Å². The van der Waals surface area contributed by atoms with Gasteiger partial charge in [0, 0.05) is 13.2 Å². The van der Waals surface area contributed by atoms with E-state index < -0.39 is 0 Å². The Hall–Kier alpha value is -1.13. The van der Waals surface area contributed by atoms with Gasteiger partial charge in [-0.2, -0.15) is 0 Å². The molecule has 1 rings (SSSR count). The molecule has 0 aliphatic heterocycles. The SMILES string of the molecule is CCNC(C)c1ccc(OCCOC)c(F)c1. The summed E-state index contributed by atoms with van der Waals surface area (Å²) in [6, 6.07) is 5.19. The molecule has 0 aromatic heterocycles. The largest absolute Gasteiger partial charge is 0.488 e. The van der Waals surface area contributed by atoms with Gasteiger partial charge in [0.15, 0.2) is 11.6 Å². The zero-order chi connectivity index (χ0) is 12.7. The summed E-state index contributed by atoms with van der Waals surface area (Å²) in [6.45, 7) is 5.69. The van der Waals surface area contributed by atoms with Crippen molar-refractivity contribution in [3.63, 3.8) is 0 Å². The minimum atomic E-state index is -0.330. The van der Waals surface area contributed by atoms with Crippen LogP contribution in [0.5, 0.6) is 5.75 Å². The van der Waals surface area contributed by atoms with E-state index in [0.717, 1.165) is 12.1 Å². The zero-order valence-corrected chi connectivity index (χ0v) is 10.6. The molecule has 17 heavy (non-hydrogen) atoms. The van der Waals surface area contributed by atoms with E-state index in [1.165, 1.54) is 6.07 Å². The predicted octanol–water partition coefficient (Wildman–Crippen LogP) is 2.52. The molecule has 4 heteroatoms. The molecular weight excluding hydrogens is 221 g/mol. The molecule has 1 unspecified atom stereocenters. The first-order valence-corrected chi connectivity index (χ1v) is 5.83. The lowest BCUT2D eigenvalue weighted by molar-refractivity contribution is 0.144. The summed E-state index contributed by atoms with van der Waals surface area (Å²) < 4.78 is 23.8. The Morgan fingerprint density at radius 1 is 1.35 bits per heavy atom. The number of methoxy groups -OCH3 is 1. The summed E-state index contributed by atoms with van der Waals surface area (Å²) >= 11 is 0. The second-order valence-corrected chi connectivity index (χ2v) is 3.81. The van der Waals surface area contributed by atoms with Crippen LogP contribution in [0, 0.1) is 5.82 Å². The average Bonchev–Trinajstić information content (AvgIpc) is 2.31. The number of hydrogen-bond donors (Lipinski definition) is 1. The maximum Gasteiger partial charge on any atom is 0.165 e. The highest BCUT2D eigenvalue weighted by Gasteiger charge is 2.08. The van der Waals surface area contributed by atoms with Crippen LogP contribution in [0.1, 0.15) is 25.5 Å². The fraction of sp³-hybridized carbons (Fsp3) is 0.538. The van der Waals surface area contributed by atoms with Crippen molar-refractivity contribution in [2.24, 2.45) is 0 Å². The second-order valence-electron chi connectivity index (χ2n) is 3.81. The third-order valence-electron chi connectivity index (χ3n) is 2.51. The quantitative estimate of drug-likeness (QED) is 0.744. The molecule has 0 aliphatic carbocycles. The van der Waals surface area contributed by atoms with Crippen molar-refractivity contribution in [3.05, 3.63) is 29.6 Å². The maximum atomic E-state index is 13.7. The van der Waals surface area contributed by atoms with Crippen molar-refractivity contribution in [1.29, 1.82) is 0 Å². The van der Waals surface area contributed by atoms with Crippen LogP contribution in [0.4, 0.5) is 4.39 Å². The first-order valence-electron chi connectivity index (χ1n) is 5.83. The Morgan fingerprint density at radius 3 is 2.71 bits per heavy atom. The number of ether oxygens (including phenoxy) is 2. The van der Waals surface area contributed by atoms with Gasteiger partial charge in [0.05, 0.1) is 6.61 Å². The molecule has 0 amide bonds. The standard InChI is InChI=1S/C13H20FNO2/c1-4-15-10(2)11-5-6-13(12(14)9-11)17-8-7-16-3/h5-6,9-10,15H,4,7-8H2,1-3H3. The topological polar surface area (TPSA) is 30.5 Å². The molecule has 1 aromatic rings. The van der Waals surface area contributed by atoms with Crippen molar-refractivity contribution >= 4 is 0 Å². The fourth-order valence-corrected chi connectivity index (χ4v) is 1.56. The monoisotopic (exact) mass is 241 g/mol. The minimum Gasteiger partial charge on any atom is -0.488 e. The van der Waals surface area contributed by atoms with E-state index >= 15 is 0 Å². The van der Waals surface area contributed by atoms with E-state index in [2.05, 4.69) is 5.32 Å². The molecule has 0 saturated heterocycles. The number of halogens is 1. The predicted molar refractivity (Wildman–Crippen MR) is 65.9 cm³/mol. The fourth-order valence-electron chi connectivity index (χ4n) is 1.56. The van der Waals surface area contributed by atoms with Gasteiger partial charge in [-0.1, -0.05) is 13.0 Å². The summed E-state index contributed by atoms with van der Waals surface area (Å²) in [5, 5.41) is 3.23. The Balaban J connectivity index is 2.65. The molecule has 0 spiro atoms. The van der Waals surface area contributed by atoms with Crippen molar-refractivity contribution in [2.75, 3.05) is 26.9 Å². The van der Waals surface area contributed by atoms with Crippen molar-refractivity contribution < 1.29 is 13.9 Å². The van der Waals surface area contributed by atoms with Crippen LogP contribution >= 0.6 is 0 Å². The lowest BCUT2D eigenvalue weighted by Gasteiger charge is -2.14. The summed E-state index contributed by atoms with van der Waals surface area (Å²) in [6.07, 6.45) is 0. The summed E-state index contributed by atoms with van der Waals surface area (Å²) in [4.78, 5) is 0. The van der Waals surface area contributed by atoms with Crippen LogP contribution in [-0.2, 0) is 4.74 Å². The highest BCUT2D eigenvalue weighted by atomic mass is 19.1. The number of benzene rings is 1. The molecule has 1 aromatic carbocycles. The van der Waals surface area contributed by atoms with Gasteiger partial charge in [-0.3, -0.25) is 0 Å². The molecule has 3 nitrogen and oxygen atoms in total. The van der Waals surface area contributed by atoms with Crippen molar-refractivity contribution in [1.82, 2.24) is 5.32 Å². The number of hydrogen-bond acceptors (Lipinski definition) is 3. The van der Waals surface area contributed by atoms with Crippen LogP contribution in [0.3, 0.4) is 0 Å². The highest BCUT2D eigenvalue weighted by molar-refractivity contribution is 5.30. The maximum absolute atomic E-state index is 13.7. The van der Waals surface area contributed by atoms with Gasteiger partial charge in [-0.05, 0) is 31.2 Å². The minimum absolute atomic E-state index is 0.141. The Bertz CT molecular complexity index is 344. The first-order chi connectivity index (χ1) is 8.19. The van der Waals surface area contributed by atoms with Crippen LogP contribution in [-0.4, -0.2) is 26.9 Å². The molecule has 0 radical (unpaired) electrons. The third-order valence-corrected chi connectivity index (χ3v) is 2.51. The Labute approximate surface area is 102 Å². The van der Waals surface area contributed by atoms with Gasteiger partial charge >= 0.3 is 0 Å². The molecule has 96 valence electrons. The van der Waals surface area contributed by atoms with Gasteiger partial charge in [-0.15, -0.1) is 0 Å². The van der Waals surface area contributed by atoms with Crippen LogP contribution < -0.4 is 10.1 Å². The molecule has 0 fully saturated rings. The highest BCUT2D eigenvalue weighted by Crippen LogP contribution is 2.21. The Morgan fingerprint density at radius 2 is 2.12 bits per heavy atom. The van der Waals surface area contributed by atoms with Gasteiger partial charge in [0.25, 0.3) is 0 Å². The van der Waals surface area contributed by atoms with Crippen LogP contribution in [0.2, 0.25) is 0 Å². The molecule has 0 saturated carbocycles. The molecule has 1 atom stereocenters. The lowest BCUT2D eigenvalue weighted by atomic mass is 10.1. The smallest absolute Gasteiger partial charge is 0.165 e. The molecule has 0 heterocycles. The number of nitrogens with one attached hydrogen (secondary N) is 1. The zero-order valence-electron chi connectivity index (χ0n) is 10.6. The summed E-state index contributed by atoms with van der Waals surface area (Å²) in [5.74, 6) is -0.0575.